The van der Waals surface area contributed by atoms with Crippen LogP contribution in [0.1, 0.15) is 73.4 Å². The highest BCUT2D eigenvalue weighted by Crippen LogP contribution is 2.34. The van der Waals surface area contributed by atoms with Crippen molar-refractivity contribution in [3.63, 3.8) is 0 Å². The van der Waals surface area contributed by atoms with Crippen LogP contribution in [0.4, 0.5) is 17.6 Å². The predicted octanol–water partition coefficient (Wildman–Crippen LogP) is 9.56. The van der Waals surface area contributed by atoms with E-state index >= 15 is 0 Å². The number of nitrogens with one attached hydrogen (secondary N) is 3. The van der Waals surface area contributed by atoms with Gasteiger partial charge in [0, 0.05) is 86.5 Å². The van der Waals surface area contributed by atoms with E-state index in [0.29, 0.717) is 97.7 Å². The molecule has 2 aromatic carbocycles. The van der Waals surface area contributed by atoms with Gasteiger partial charge in [-0.05, 0) is 84.0 Å². The number of aromatic nitrogens is 14. The summed E-state index contributed by atoms with van der Waals surface area (Å²) in [4.78, 5) is 47.9. The normalized spacial score (nSPS) is 12.3. The maximum atomic E-state index is 13.4. The average Bonchev–Trinajstić information content (AvgIpc) is 4.34. The maximum absolute atomic E-state index is 13.4. The summed E-state index contributed by atoms with van der Waals surface area (Å²) in [6.45, 7) is 13.9. The highest BCUT2D eigenvalue weighted by atomic mass is 28.3. The van der Waals surface area contributed by atoms with Crippen LogP contribution < -0.4 is 20.1 Å². The van der Waals surface area contributed by atoms with E-state index in [-0.39, 0.29) is 30.0 Å². The van der Waals surface area contributed by atoms with Crippen LogP contribution in [0, 0.1) is 0 Å². The maximum Gasteiger partial charge on any atom is 0.387 e. The van der Waals surface area contributed by atoms with Crippen molar-refractivity contribution in [3.8, 4) is 34.3 Å². The smallest absolute Gasteiger partial charge is 0.387 e. The molecule has 26 heteroatoms. The molecule has 0 aliphatic carbocycles. The van der Waals surface area contributed by atoms with Crippen molar-refractivity contribution in [1.29, 1.82) is 0 Å². The minimum atomic E-state index is -2.98. The first-order valence-electron chi connectivity index (χ1n) is 25.5. The Bertz CT molecular complexity index is 3880. The Morgan fingerprint density at radius 2 is 1.18 bits per heavy atom. The number of alkyl halides is 4. The molecule has 8 aromatic heterocycles. The summed E-state index contributed by atoms with van der Waals surface area (Å²) < 4.78 is 75.9. The number of H-pyrrole nitrogens is 1. The summed E-state index contributed by atoms with van der Waals surface area (Å²) in [7, 11) is 2.36. The molecule has 0 radical (unpaired) electrons. The van der Waals surface area contributed by atoms with E-state index in [0.717, 1.165) is 17.2 Å². The number of aromatic amines is 1. The zero-order valence-electron chi connectivity index (χ0n) is 46.1. The van der Waals surface area contributed by atoms with Gasteiger partial charge in [0.2, 0.25) is 0 Å². The SMILES string of the molecule is Cn1cc(Cn2nc(-c3cnc4[nH]cc(C(=O)NC(C)(C)C)c4n3)c3cc(OC(F)F)ccc32)cn1.Cn1cc(Cn2nc(-c3cnc4c(n3)c(C(=O)NC(C)(C)C)cn4COCC[Si](C)(C)C)c3cc(OC(F)F)ccc32)cn1. The third kappa shape index (κ3) is 13.3. The van der Waals surface area contributed by atoms with Gasteiger partial charge in [-0.1, -0.05) is 19.6 Å². The number of amides is 2. The lowest BCUT2D eigenvalue weighted by Gasteiger charge is -2.20. The molecule has 0 fully saturated rings. The molecule has 80 heavy (non-hydrogen) atoms. The molecular formula is C54H62F4N16O5Si. The van der Waals surface area contributed by atoms with E-state index in [1.165, 1.54) is 30.5 Å². The van der Waals surface area contributed by atoms with Gasteiger partial charge < -0.3 is 34.4 Å². The van der Waals surface area contributed by atoms with Gasteiger partial charge in [-0.25, -0.2) is 19.9 Å². The van der Waals surface area contributed by atoms with Crippen molar-refractivity contribution in [2.24, 2.45) is 14.1 Å². The van der Waals surface area contributed by atoms with E-state index in [4.69, 9.17) is 29.6 Å². The number of nitrogens with zero attached hydrogens (tertiary/aromatic N) is 13. The van der Waals surface area contributed by atoms with Crippen LogP contribution in [0.2, 0.25) is 25.7 Å². The number of hydrogen-bond donors (Lipinski definition) is 3. The largest absolute Gasteiger partial charge is 0.435 e. The zero-order valence-corrected chi connectivity index (χ0v) is 47.1. The van der Waals surface area contributed by atoms with E-state index in [1.807, 2.05) is 68.0 Å². The molecule has 0 atom stereocenters. The summed E-state index contributed by atoms with van der Waals surface area (Å²) >= 11 is 0. The number of ether oxygens (including phenoxy) is 3. The molecule has 2 amide bonds. The lowest BCUT2D eigenvalue weighted by molar-refractivity contribution is -0.0504. The van der Waals surface area contributed by atoms with Crippen molar-refractivity contribution in [2.75, 3.05) is 6.61 Å². The molecule has 420 valence electrons. The van der Waals surface area contributed by atoms with Crippen LogP contribution in [0.5, 0.6) is 11.5 Å². The number of aryl methyl sites for hydroxylation is 2. The third-order valence-corrected chi connectivity index (χ3v) is 13.9. The minimum absolute atomic E-state index is 0.000559. The molecule has 3 N–H and O–H groups in total. The minimum Gasteiger partial charge on any atom is -0.435 e. The summed E-state index contributed by atoms with van der Waals surface area (Å²) in [5.74, 6) is -0.592. The summed E-state index contributed by atoms with van der Waals surface area (Å²) in [6.07, 6.45) is 13.6. The molecule has 0 bridgehead atoms. The van der Waals surface area contributed by atoms with Gasteiger partial charge in [-0.15, -0.1) is 0 Å². The molecule has 0 aliphatic heterocycles. The van der Waals surface area contributed by atoms with Crippen LogP contribution >= 0.6 is 0 Å². The standard InChI is InChI=1S/C30H38F2N8O3Si.C24H24F2N8O2/c1-30(2,3)36-28(41)22-17-39(18-42-10-11-44(5,6)7)27-26(22)35-23(14-33-27)25-21-12-20(43-29(31)32)8-9-24(21)40(37-25)16-19-13-34-38(4)15-19;1-24(2,3)31-22(35)16-9-27-21-20(16)30-17(10-28-21)19-15-7-14(36-23(25)26)5-6-18(15)34(32-19)12-13-8-29-33(4)11-13/h8-9,12-15,17,29H,10-11,16,18H2,1-7H3,(H,36,41);5-11,23H,12H2,1-4H3,(H,27,28)(H,31,35). The number of carbonyl (C=O) groups is 2. The Kier molecular flexibility index (Phi) is 15.7. The first-order chi connectivity index (χ1) is 37.7. The number of hydrogen-bond acceptors (Lipinski definition) is 13. The zero-order chi connectivity index (χ0) is 57.4. The first kappa shape index (κ1) is 56.2. The van der Waals surface area contributed by atoms with Gasteiger partial charge in [0.15, 0.2) is 11.3 Å². The fraction of sp³-hybridized carbons (Fsp3) is 0.370. The van der Waals surface area contributed by atoms with Crippen LogP contribution in [0.25, 0.3) is 66.9 Å². The topological polar surface area (TPSA) is 229 Å². The Labute approximate surface area is 457 Å². The van der Waals surface area contributed by atoms with Crippen LogP contribution in [0.3, 0.4) is 0 Å². The summed E-state index contributed by atoms with van der Waals surface area (Å²) in [5, 5.41) is 25.0. The fourth-order valence-electron chi connectivity index (χ4n) is 8.71. The van der Waals surface area contributed by atoms with E-state index in [1.54, 1.807) is 66.4 Å². The number of benzene rings is 2. The summed E-state index contributed by atoms with van der Waals surface area (Å²) in [5.41, 5.74) is 6.27. The Hall–Kier alpha value is -8.52. The molecule has 0 saturated carbocycles. The average molecular weight is 1120 g/mol. The molecule has 0 unspecified atom stereocenters. The fourth-order valence-corrected chi connectivity index (χ4v) is 9.46. The van der Waals surface area contributed by atoms with E-state index in [9.17, 15) is 27.2 Å². The number of halogens is 4. The predicted molar refractivity (Wildman–Crippen MR) is 295 cm³/mol. The van der Waals surface area contributed by atoms with Gasteiger partial charge in [-0.3, -0.25) is 28.3 Å². The van der Waals surface area contributed by atoms with Gasteiger partial charge in [0.25, 0.3) is 11.8 Å². The molecule has 10 rings (SSSR count). The van der Waals surface area contributed by atoms with Crippen molar-refractivity contribution in [1.82, 2.24) is 79.2 Å². The summed E-state index contributed by atoms with van der Waals surface area (Å²) in [6, 6.07) is 10.3. The van der Waals surface area contributed by atoms with Gasteiger partial charge in [-0.2, -0.15) is 38.0 Å². The van der Waals surface area contributed by atoms with Gasteiger partial charge >= 0.3 is 13.2 Å². The second-order valence-corrected chi connectivity index (χ2v) is 28.1. The third-order valence-electron chi connectivity index (χ3n) is 12.2. The highest BCUT2D eigenvalue weighted by Gasteiger charge is 2.26. The van der Waals surface area contributed by atoms with Crippen molar-refractivity contribution < 1.29 is 41.4 Å². The Morgan fingerprint density at radius 3 is 1.65 bits per heavy atom. The van der Waals surface area contributed by atoms with Crippen molar-refractivity contribution in [3.05, 3.63) is 108 Å². The lowest BCUT2D eigenvalue weighted by Crippen LogP contribution is -2.40. The molecule has 10 aromatic rings. The second-order valence-electron chi connectivity index (χ2n) is 22.5. The van der Waals surface area contributed by atoms with Gasteiger partial charge in [0.1, 0.15) is 52.0 Å². The van der Waals surface area contributed by atoms with Gasteiger partial charge in [0.05, 0.1) is 60.0 Å². The van der Waals surface area contributed by atoms with Crippen LogP contribution in [-0.2, 0) is 38.7 Å². The molecule has 8 heterocycles. The van der Waals surface area contributed by atoms with Crippen LogP contribution in [-0.4, -0.2) is 119 Å². The van der Waals surface area contributed by atoms with Crippen molar-refractivity contribution in [2.45, 2.75) is 111 Å². The quantitative estimate of drug-likeness (QED) is 0.0439. The number of carbonyl (C=O) groups excluding carboxylic acids is 2. The molecular weight excluding hydrogens is 1060 g/mol. The molecule has 0 spiro atoms. The van der Waals surface area contributed by atoms with Crippen LogP contribution in [0.15, 0.2) is 86.0 Å². The molecule has 0 aliphatic rings. The number of rotatable bonds is 17. The first-order valence-corrected chi connectivity index (χ1v) is 29.2. The van der Waals surface area contributed by atoms with Crippen molar-refractivity contribution >= 4 is 64.0 Å². The second kappa shape index (κ2) is 22.3. The Balaban J connectivity index is 0.000000197. The monoisotopic (exact) mass is 1120 g/mol. The number of fused-ring (bicyclic) bond motifs is 4. The Morgan fingerprint density at radius 1 is 0.675 bits per heavy atom. The van der Waals surface area contributed by atoms with E-state index in [2.05, 4.69) is 60.2 Å². The van der Waals surface area contributed by atoms with E-state index < -0.39 is 32.4 Å². The lowest BCUT2D eigenvalue weighted by atomic mass is 10.1. The molecule has 21 nitrogen and oxygen atoms in total. The highest BCUT2D eigenvalue weighted by molar-refractivity contribution is 6.76. The molecule has 0 saturated heterocycles.